The van der Waals surface area contributed by atoms with Crippen molar-refractivity contribution in [3.05, 3.63) is 23.5 Å². The van der Waals surface area contributed by atoms with Crippen LogP contribution in [0.4, 0.5) is 0 Å². The van der Waals surface area contributed by atoms with Crippen LogP contribution in [0.2, 0.25) is 0 Å². The van der Waals surface area contributed by atoms with E-state index >= 15 is 0 Å². The van der Waals surface area contributed by atoms with Gasteiger partial charge in [-0.1, -0.05) is 0 Å². The van der Waals surface area contributed by atoms with Crippen LogP contribution in [0.5, 0.6) is 0 Å². The zero-order chi connectivity index (χ0) is 12.9. The molecular weight excluding hydrogens is 220 g/mol. The van der Waals surface area contributed by atoms with Crippen LogP contribution >= 0.6 is 0 Å². The molecule has 3 N–H and O–H groups in total. The molecule has 17 heavy (non-hydrogen) atoms. The average Bonchev–Trinajstić information content (AvgIpc) is 2.74. The zero-order valence-electron chi connectivity index (χ0n) is 10.5. The molecule has 0 aliphatic heterocycles. The fourth-order valence-electron chi connectivity index (χ4n) is 1.47. The number of hydrogen-bond acceptors (Lipinski definition) is 4. The molecule has 0 saturated carbocycles. The van der Waals surface area contributed by atoms with Crippen molar-refractivity contribution in [3.63, 3.8) is 0 Å². The molecule has 0 saturated heterocycles. The Morgan fingerprint density at radius 3 is 2.82 bits per heavy atom. The molecular formula is C12H20N2O3. The Balaban J connectivity index is 2.53. The number of aliphatic hydroxyl groups is 1. The maximum Gasteiger partial charge on any atom is 0.354 e. The number of rotatable bonds is 6. The van der Waals surface area contributed by atoms with Gasteiger partial charge in [0.05, 0.1) is 7.11 Å². The third kappa shape index (κ3) is 4.20. The van der Waals surface area contributed by atoms with E-state index < -0.39 is 0 Å². The molecule has 1 heterocycles. The Hall–Kier alpha value is -1.33. The molecule has 0 fully saturated rings. The number of aliphatic hydroxyl groups excluding tert-OH is 1. The van der Waals surface area contributed by atoms with Gasteiger partial charge >= 0.3 is 5.97 Å². The molecule has 0 radical (unpaired) electrons. The summed E-state index contributed by atoms with van der Waals surface area (Å²) in [6, 6.07) is 3.54. The Labute approximate surface area is 101 Å². The lowest BCUT2D eigenvalue weighted by Crippen LogP contribution is -2.39. The monoisotopic (exact) mass is 240 g/mol. The maximum atomic E-state index is 11.2. The SMILES string of the molecule is COC(=O)c1ccc(CNC(C)(C)CCO)[nH]1. The van der Waals surface area contributed by atoms with E-state index in [0.717, 1.165) is 5.69 Å². The van der Waals surface area contributed by atoms with E-state index in [1.54, 1.807) is 6.07 Å². The first-order valence-electron chi connectivity index (χ1n) is 5.60. The van der Waals surface area contributed by atoms with Gasteiger partial charge in [-0.05, 0) is 32.4 Å². The lowest BCUT2D eigenvalue weighted by molar-refractivity contribution is 0.0594. The van der Waals surface area contributed by atoms with Gasteiger partial charge in [0.15, 0.2) is 0 Å². The molecule has 0 amide bonds. The van der Waals surface area contributed by atoms with Crippen molar-refractivity contribution in [2.24, 2.45) is 0 Å². The molecule has 1 rings (SSSR count). The molecule has 0 spiro atoms. The van der Waals surface area contributed by atoms with Gasteiger partial charge < -0.3 is 20.1 Å². The van der Waals surface area contributed by atoms with Crippen LogP contribution in [0.15, 0.2) is 12.1 Å². The zero-order valence-corrected chi connectivity index (χ0v) is 10.5. The van der Waals surface area contributed by atoms with Crippen molar-refractivity contribution in [2.75, 3.05) is 13.7 Å². The normalized spacial score (nSPS) is 11.5. The second-order valence-electron chi connectivity index (χ2n) is 4.60. The van der Waals surface area contributed by atoms with E-state index in [-0.39, 0.29) is 18.1 Å². The van der Waals surface area contributed by atoms with Crippen LogP contribution in [0.3, 0.4) is 0 Å². The number of H-pyrrole nitrogens is 1. The van der Waals surface area contributed by atoms with Gasteiger partial charge in [0.2, 0.25) is 0 Å². The second-order valence-corrected chi connectivity index (χ2v) is 4.60. The van der Waals surface area contributed by atoms with Crippen LogP contribution in [0.1, 0.15) is 36.5 Å². The number of methoxy groups -OCH3 is 1. The summed E-state index contributed by atoms with van der Waals surface area (Å²) in [6.45, 7) is 4.81. The van der Waals surface area contributed by atoms with Gasteiger partial charge in [-0.3, -0.25) is 0 Å². The highest BCUT2D eigenvalue weighted by atomic mass is 16.5. The van der Waals surface area contributed by atoms with Crippen molar-refractivity contribution < 1.29 is 14.6 Å². The van der Waals surface area contributed by atoms with Crippen LogP contribution in [-0.2, 0) is 11.3 Å². The summed E-state index contributed by atoms with van der Waals surface area (Å²) < 4.78 is 4.61. The molecule has 0 aromatic carbocycles. The van der Waals surface area contributed by atoms with E-state index in [0.29, 0.717) is 18.7 Å². The molecule has 96 valence electrons. The van der Waals surface area contributed by atoms with E-state index in [9.17, 15) is 4.79 Å². The van der Waals surface area contributed by atoms with Gasteiger partial charge in [0, 0.05) is 24.4 Å². The van der Waals surface area contributed by atoms with Gasteiger partial charge in [-0.2, -0.15) is 0 Å². The molecule has 0 atom stereocenters. The number of esters is 1. The Bertz CT molecular complexity index is 372. The van der Waals surface area contributed by atoms with Crippen molar-refractivity contribution in [1.29, 1.82) is 0 Å². The summed E-state index contributed by atoms with van der Waals surface area (Å²) in [4.78, 5) is 14.2. The summed E-state index contributed by atoms with van der Waals surface area (Å²) in [6.07, 6.45) is 0.678. The molecule has 1 aromatic heterocycles. The number of aromatic nitrogens is 1. The average molecular weight is 240 g/mol. The molecule has 5 nitrogen and oxygen atoms in total. The van der Waals surface area contributed by atoms with Crippen LogP contribution in [0.25, 0.3) is 0 Å². The van der Waals surface area contributed by atoms with Gasteiger partial charge in [0.25, 0.3) is 0 Å². The predicted molar refractivity (Wildman–Crippen MR) is 64.8 cm³/mol. The highest BCUT2D eigenvalue weighted by Crippen LogP contribution is 2.10. The van der Waals surface area contributed by atoms with Gasteiger partial charge in [-0.25, -0.2) is 4.79 Å². The summed E-state index contributed by atoms with van der Waals surface area (Å²) in [7, 11) is 1.35. The van der Waals surface area contributed by atoms with E-state index in [1.165, 1.54) is 7.11 Å². The highest BCUT2D eigenvalue weighted by molar-refractivity contribution is 5.87. The predicted octanol–water partition coefficient (Wildman–Crippen LogP) is 1.05. The summed E-state index contributed by atoms with van der Waals surface area (Å²) in [5.41, 5.74) is 1.23. The quantitative estimate of drug-likeness (QED) is 0.650. The third-order valence-electron chi connectivity index (χ3n) is 2.65. The Morgan fingerprint density at radius 2 is 2.24 bits per heavy atom. The van der Waals surface area contributed by atoms with Crippen LogP contribution in [0, 0.1) is 0 Å². The lowest BCUT2D eigenvalue weighted by atomic mass is 10.0. The number of nitrogens with one attached hydrogen (secondary N) is 2. The van der Waals surface area contributed by atoms with Crippen molar-refractivity contribution in [1.82, 2.24) is 10.3 Å². The molecule has 1 aromatic rings. The first kappa shape index (κ1) is 13.7. The Morgan fingerprint density at radius 1 is 1.53 bits per heavy atom. The second kappa shape index (κ2) is 5.84. The maximum absolute atomic E-state index is 11.2. The number of hydrogen-bond donors (Lipinski definition) is 3. The highest BCUT2D eigenvalue weighted by Gasteiger charge is 2.16. The molecule has 0 aliphatic carbocycles. The number of carbonyl (C=O) groups excluding carboxylic acids is 1. The number of aromatic amines is 1. The first-order chi connectivity index (χ1) is 7.98. The van der Waals surface area contributed by atoms with Crippen molar-refractivity contribution in [2.45, 2.75) is 32.4 Å². The lowest BCUT2D eigenvalue weighted by Gasteiger charge is -2.25. The molecule has 5 heteroatoms. The summed E-state index contributed by atoms with van der Waals surface area (Å²) in [5, 5.41) is 12.2. The number of carbonyl (C=O) groups is 1. The topological polar surface area (TPSA) is 74.3 Å². The van der Waals surface area contributed by atoms with E-state index in [4.69, 9.17) is 5.11 Å². The minimum absolute atomic E-state index is 0.134. The van der Waals surface area contributed by atoms with Crippen molar-refractivity contribution in [3.8, 4) is 0 Å². The van der Waals surface area contributed by atoms with Crippen molar-refractivity contribution >= 4 is 5.97 Å². The van der Waals surface area contributed by atoms with E-state index in [1.807, 2.05) is 19.9 Å². The summed E-state index contributed by atoms with van der Waals surface area (Å²) >= 11 is 0. The smallest absolute Gasteiger partial charge is 0.354 e. The van der Waals surface area contributed by atoms with Crippen LogP contribution < -0.4 is 5.32 Å². The Kier molecular flexibility index (Phi) is 4.72. The summed E-state index contributed by atoms with van der Waals surface area (Å²) in [5.74, 6) is -0.370. The number of ether oxygens (including phenoxy) is 1. The third-order valence-corrected chi connectivity index (χ3v) is 2.65. The van der Waals surface area contributed by atoms with Crippen LogP contribution in [-0.4, -0.2) is 35.3 Å². The fourth-order valence-corrected chi connectivity index (χ4v) is 1.47. The molecule has 0 aliphatic rings. The first-order valence-corrected chi connectivity index (χ1v) is 5.60. The van der Waals surface area contributed by atoms with E-state index in [2.05, 4.69) is 15.0 Å². The minimum atomic E-state index is -0.370. The molecule has 0 bridgehead atoms. The van der Waals surface area contributed by atoms with Gasteiger partial charge in [-0.15, -0.1) is 0 Å². The standard InChI is InChI=1S/C12H20N2O3/c1-12(2,6-7-15)13-8-9-4-5-10(14-9)11(16)17-3/h4-5,13-15H,6-8H2,1-3H3. The minimum Gasteiger partial charge on any atom is -0.464 e. The fraction of sp³-hybridized carbons (Fsp3) is 0.583. The molecule has 0 unspecified atom stereocenters. The van der Waals surface area contributed by atoms with Gasteiger partial charge in [0.1, 0.15) is 5.69 Å². The largest absolute Gasteiger partial charge is 0.464 e.